The van der Waals surface area contributed by atoms with Gasteiger partial charge in [0.25, 0.3) is 0 Å². The van der Waals surface area contributed by atoms with E-state index in [0.29, 0.717) is 0 Å². The van der Waals surface area contributed by atoms with Crippen molar-refractivity contribution in [1.82, 2.24) is 0 Å². The lowest BCUT2D eigenvalue weighted by Crippen LogP contribution is -1.66. The molecule has 0 spiro atoms. The van der Waals surface area contributed by atoms with E-state index in [0.717, 1.165) is 0 Å². The van der Waals surface area contributed by atoms with Gasteiger partial charge in [-0.3, -0.25) is 0 Å². The van der Waals surface area contributed by atoms with E-state index in [1.54, 1.807) is 0 Å². The molecule has 0 aromatic heterocycles. The quantitative estimate of drug-likeness (QED) is 0.261. The summed E-state index contributed by atoms with van der Waals surface area (Å²) < 4.78 is 8.88. The molecule has 0 aliphatic heterocycles. The van der Waals surface area contributed by atoms with Gasteiger partial charge < -0.3 is 25.6 Å². The normalized spacial score (nSPS) is 6.56. The maximum atomic E-state index is 8.88. The van der Waals surface area contributed by atoms with Gasteiger partial charge >= 0.3 is 30.9 Å². The lowest BCUT2D eigenvalue weighted by molar-refractivity contribution is 0.275. The van der Waals surface area contributed by atoms with Crippen LogP contribution in [0.4, 0.5) is 0 Å². The van der Waals surface area contributed by atoms with E-state index >= 15 is 0 Å². The van der Waals surface area contributed by atoms with Crippen LogP contribution in [0.15, 0.2) is 0 Å². The molecule has 0 radical (unpaired) electrons. The first-order valence-corrected chi connectivity index (χ1v) is 2.35. The molecule has 58 valence electrons. The first-order valence-electron chi connectivity index (χ1n) is 0.783. The van der Waals surface area contributed by atoms with Gasteiger partial charge in [-0.2, -0.15) is 0 Å². The lowest BCUT2D eigenvalue weighted by Gasteiger charge is -1.82. The van der Waals surface area contributed by atoms with Gasteiger partial charge in [0.2, 0.25) is 0 Å². The van der Waals surface area contributed by atoms with E-state index in [4.69, 9.17) is 19.2 Å². The Morgan fingerprint density at radius 3 is 1.00 bits per heavy atom. The van der Waals surface area contributed by atoms with Gasteiger partial charge in [-0.25, -0.2) is 4.57 Å². The molecule has 0 rings (SSSR count). The molecule has 7 N–H and O–H groups in total. The van der Waals surface area contributed by atoms with Crippen LogP contribution in [-0.4, -0.2) is 66.0 Å². The molecule has 0 amide bonds. The van der Waals surface area contributed by atoms with Crippen molar-refractivity contribution in [2.45, 2.75) is 0 Å². The van der Waals surface area contributed by atoms with E-state index in [-0.39, 0.29) is 51.4 Å². The van der Waals surface area contributed by atoms with Crippen LogP contribution < -0.4 is 0 Å². The number of hydrogen-bond acceptors (Lipinski definition) is 1. The van der Waals surface area contributed by atoms with Gasteiger partial charge in [0.1, 0.15) is 0 Å². The lowest BCUT2D eigenvalue weighted by atomic mass is 15.8. The third kappa shape index (κ3) is 284. The van der Waals surface area contributed by atoms with E-state index in [9.17, 15) is 0 Å². The van der Waals surface area contributed by atoms with Crippen LogP contribution >= 0.6 is 7.82 Å². The summed E-state index contributed by atoms with van der Waals surface area (Å²) in [5.74, 6) is 0. The van der Waals surface area contributed by atoms with Crippen molar-refractivity contribution in [2.75, 3.05) is 0 Å². The van der Waals surface area contributed by atoms with Gasteiger partial charge in [0, 0.05) is 0 Å². The molecule has 0 unspecified atom stereocenters. The smallest absolute Gasteiger partial charge is 0.412 e. The second-order valence-electron chi connectivity index (χ2n) is 0.513. The monoisotopic (exact) mass is 190 g/mol. The summed E-state index contributed by atoms with van der Waals surface area (Å²) >= 11 is 0. The SMILES string of the molecule is O.O.O=P(O)(O)O.[AlH3].[MgH2]. The maximum absolute atomic E-state index is 8.88. The van der Waals surface area contributed by atoms with Crippen LogP contribution in [0.2, 0.25) is 0 Å². The topological polar surface area (TPSA) is 141 Å². The fraction of sp³-hybridized carbons (Fsp3) is 0. The molecule has 0 heterocycles. The minimum absolute atomic E-state index is 0. The van der Waals surface area contributed by atoms with Crippen molar-refractivity contribution < 1.29 is 30.2 Å². The molecule has 0 bridgehead atoms. The first-order chi connectivity index (χ1) is 2.00. The number of hydrogen-bond donors (Lipinski definition) is 3. The largest absolute Gasteiger partial charge is 0.466 e. The average molecular weight is 190 g/mol. The third-order valence-electron chi connectivity index (χ3n) is 0. The van der Waals surface area contributed by atoms with Crippen LogP contribution in [0.1, 0.15) is 0 Å². The van der Waals surface area contributed by atoms with Gasteiger partial charge in [0.15, 0.2) is 17.4 Å². The zero-order valence-corrected chi connectivity index (χ0v) is 4.09. The zero-order chi connectivity index (χ0) is 4.50. The van der Waals surface area contributed by atoms with Crippen molar-refractivity contribution in [3.05, 3.63) is 0 Å². The first kappa shape index (κ1) is 31.7. The van der Waals surface area contributed by atoms with Crippen LogP contribution in [0.3, 0.4) is 0 Å². The standard InChI is InChI=1S/Al.Mg.H3O4P.2H2O.5H/c;;1-5(2,3)4;;;;;;;/h;;(H3,1,2,3,4);2*1H2;;;;;. The molecule has 0 fully saturated rings. The second kappa shape index (κ2) is 12.0. The summed E-state index contributed by atoms with van der Waals surface area (Å²) in [5, 5.41) is 0. The Labute approximate surface area is 78.4 Å². The number of rotatable bonds is 0. The molecular weight excluding hydrogens is 178 g/mol. The summed E-state index contributed by atoms with van der Waals surface area (Å²) in [4.78, 5) is 21.6. The number of phosphoric acid groups is 1. The molecule has 0 aromatic carbocycles. The fourth-order valence-corrected chi connectivity index (χ4v) is 0. The summed E-state index contributed by atoms with van der Waals surface area (Å²) in [6.45, 7) is 0. The summed E-state index contributed by atoms with van der Waals surface area (Å²) in [7, 11) is -4.64. The Kier molecular flexibility index (Phi) is 42.4. The third-order valence-corrected chi connectivity index (χ3v) is 0. The van der Waals surface area contributed by atoms with E-state index in [1.807, 2.05) is 0 Å². The van der Waals surface area contributed by atoms with Crippen molar-refractivity contribution in [2.24, 2.45) is 0 Å². The molecule has 0 aromatic rings. The average Bonchev–Trinajstić information content (AvgIpc) is 0.722. The van der Waals surface area contributed by atoms with Crippen molar-refractivity contribution in [1.29, 1.82) is 0 Å². The molecule has 0 atom stereocenters. The van der Waals surface area contributed by atoms with E-state index < -0.39 is 7.82 Å². The summed E-state index contributed by atoms with van der Waals surface area (Å²) in [5.41, 5.74) is 0. The predicted molar refractivity (Wildman–Crippen MR) is 40.0 cm³/mol. The summed E-state index contributed by atoms with van der Waals surface area (Å²) in [6, 6.07) is 0. The molecule has 9 heteroatoms. The highest BCUT2D eigenvalue weighted by Crippen LogP contribution is 2.25. The van der Waals surface area contributed by atoms with Crippen molar-refractivity contribution in [3.63, 3.8) is 0 Å². The van der Waals surface area contributed by atoms with Crippen LogP contribution in [0.25, 0.3) is 0 Å². The molecule has 0 aliphatic carbocycles. The minimum Gasteiger partial charge on any atom is -0.412 e. The van der Waals surface area contributed by atoms with Gasteiger partial charge in [-0.05, 0) is 0 Å². The second-order valence-corrected chi connectivity index (χ2v) is 1.54. The molecule has 9 heavy (non-hydrogen) atoms. The Morgan fingerprint density at radius 1 is 1.00 bits per heavy atom. The van der Waals surface area contributed by atoms with Crippen molar-refractivity contribution >= 4 is 48.2 Å². The molecule has 0 aliphatic rings. The Bertz CT molecular complexity index is 59.2. The van der Waals surface area contributed by atoms with Crippen molar-refractivity contribution in [3.8, 4) is 0 Å². The maximum Gasteiger partial charge on any atom is 0.466 e. The van der Waals surface area contributed by atoms with Crippen LogP contribution in [-0.2, 0) is 4.57 Å². The fourth-order valence-electron chi connectivity index (χ4n) is 0. The molecular formula is H12AlMgO6P. The highest BCUT2D eigenvalue weighted by Gasteiger charge is 2.00. The van der Waals surface area contributed by atoms with Gasteiger partial charge in [-0.15, -0.1) is 0 Å². The van der Waals surface area contributed by atoms with Crippen LogP contribution in [0.5, 0.6) is 0 Å². The Hall–Kier alpha value is 1.33. The van der Waals surface area contributed by atoms with Gasteiger partial charge in [-0.1, -0.05) is 0 Å². The summed E-state index contributed by atoms with van der Waals surface area (Å²) in [6.07, 6.45) is 0. The Morgan fingerprint density at radius 2 is 1.00 bits per heavy atom. The molecule has 6 nitrogen and oxygen atoms in total. The minimum atomic E-state index is -4.64. The highest BCUT2D eigenvalue weighted by molar-refractivity contribution is 7.45. The predicted octanol–water partition coefficient (Wildman–Crippen LogP) is -4.68. The highest BCUT2D eigenvalue weighted by atomic mass is 31.2. The molecule has 0 saturated carbocycles. The van der Waals surface area contributed by atoms with Crippen LogP contribution in [0, 0.1) is 0 Å². The Balaban J connectivity index is -0.0000000133. The zero-order valence-electron chi connectivity index (χ0n) is 3.20. The van der Waals surface area contributed by atoms with Gasteiger partial charge in [0.05, 0.1) is 0 Å². The van der Waals surface area contributed by atoms with E-state index in [2.05, 4.69) is 0 Å². The molecule has 0 saturated heterocycles. The van der Waals surface area contributed by atoms with E-state index in [1.165, 1.54) is 0 Å².